The summed E-state index contributed by atoms with van der Waals surface area (Å²) in [4.78, 5) is 14.2. The van der Waals surface area contributed by atoms with Crippen LogP contribution in [-0.2, 0) is 6.42 Å². The summed E-state index contributed by atoms with van der Waals surface area (Å²) in [5.41, 5.74) is -1.33. The zero-order valence-electron chi connectivity index (χ0n) is 17.5. The maximum Gasteiger partial charge on any atom is 0.256 e. The van der Waals surface area contributed by atoms with Crippen LogP contribution in [0.25, 0.3) is 0 Å². The van der Waals surface area contributed by atoms with Gasteiger partial charge in [0.05, 0.1) is 42.7 Å². The van der Waals surface area contributed by atoms with Gasteiger partial charge in [0, 0.05) is 13.1 Å². The van der Waals surface area contributed by atoms with Crippen molar-refractivity contribution in [1.82, 2.24) is 10.2 Å². The smallest absolute Gasteiger partial charge is 0.256 e. The second-order valence-corrected chi connectivity index (χ2v) is 7.93. The topological polar surface area (TPSA) is 105 Å². The lowest BCUT2D eigenvalue weighted by atomic mass is 9.92. The number of amides is 1. The second-order valence-electron chi connectivity index (χ2n) is 7.93. The van der Waals surface area contributed by atoms with E-state index >= 15 is 0 Å². The molecule has 0 bridgehead atoms. The van der Waals surface area contributed by atoms with Gasteiger partial charge in [-0.2, -0.15) is 0 Å². The van der Waals surface area contributed by atoms with Gasteiger partial charge in [0.1, 0.15) is 11.4 Å². The van der Waals surface area contributed by atoms with Gasteiger partial charge < -0.3 is 30.9 Å². The minimum atomic E-state index is -1.31. The molecule has 1 aliphatic heterocycles. The van der Waals surface area contributed by atoms with Crippen molar-refractivity contribution in [3.8, 4) is 0 Å². The number of carbonyl (C=O) groups is 1. The number of benzene rings is 2. The van der Waals surface area contributed by atoms with Gasteiger partial charge in [-0.15, -0.1) is 0 Å². The first kappa shape index (κ1) is 24.0. The molecule has 174 valence electrons. The molecule has 10 heteroatoms. The molecule has 5 N–H and O–H groups in total. The molecule has 7 nitrogen and oxygen atoms in total. The van der Waals surface area contributed by atoms with Crippen molar-refractivity contribution < 1.29 is 33.3 Å². The van der Waals surface area contributed by atoms with Crippen molar-refractivity contribution in [2.45, 2.75) is 25.0 Å². The van der Waals surface area contributed by atoms with Gasteiger partial charge in [0.15, 0.2) is 11.6 Å². The molecule has 1 saturated heterocycles. The Balaban J connectivity index is 1.75. The number of aliphatic hydroxyl groups is 3. The standard InChI is InChI=1S/C22H26F3N3O4/c1-2-13-3-6-18(17(24)7-13)27-20-15(4-5-16(23)19(20)25)21(31)28-11-22(32,12-28)10-26-8-14(30)9-29/h3-7,14,26-27,29-30,32H,2,8-12H2,1H3. The van der Waals surface area contributed by atoms with Gasteiger partial charge in [-0.3, -0.25) is 4.79 Å². The van der Waals surface area contributed by atoms with Gasteiger partial charge >= 0.3 is 0 Å². The summed E-state index contributed by atoms with van der Waals surface area (Å²) < 4.78 is 42.8. The SMILES string of the molecule is CCc1ccc(Nc2c(C(=O)N3CC(O)(CNCC(O)CO)C3)ccc(F)c2F)c(F)c1. The van der Waals surface area contributed by atoms with E-state index in [2.05, 4.69) is 10.6 Å². The first-order valence-corrected chi connectivity index (χ1v) is 10.2. The number of halogens is 3. The van der Waals surface area contributed by atoms with E-state index in [1.165, 1.54) is 17.0 Å². The fraction of sp³-hybridized carbons (Fsp3) is 0.409. The number of β-amino-alcohol motifs (C(OH)–C–C–N with tert-alkyl or cyclic N) is 1. The largest absolute Gasteiger partial charge is 0.394 e. The molecule has 3 rings (SSSR count). The molecule has 1 atom stereocenters. The van der Waals surface area contributed by atoms with Gasteiger partial charge in [0.2, 0.25) is 0 Å². The summed E-state index contributed by atoms with van der Waals surface area (Å²) in [7, 11) is 0. The van der Waals surface area contributed by atoms with Crippen LogP contribution in [-0.4, -0.2) is 70.6 Å². The number of hydrogen-bond acceptors (Lipinski definition) is 6. The van der Waals surface area contributed by atoms with Gasteiger partial charge in [-0.1, -0.05) is 13.0 Å². The van der Waals surface area contributed by atoms with Crippen molar-refractivity contribution in [2.24, 2.45) is 0 Å². The van der Waals surface area contributed by atoms with E-state index in [9.17, 15) is 28.2 Å². The van der Waals surface area contributed by atoms with E-state index in [-0.39, 0.29) is 37.4 Å². The fourth-order valence-electron chi connectivity index (χ4n) is 3.49. The molecule has 0 radical (unpaired) electrons. The number of hydrogen-bond donors (Lipinski definition) is 5. The molecule has 1 amide bonds. The third-order valence-corrected chi connectivity index (χ3v) is 5.33. The molecule has 1 heterocycles. The number of aliphatic hydroxyl groups excluding tert-OH is 2. The number of anilines is 2. The highest BCUT2D eigenvalue weighted by Gasteiger charge is 2.44. The summed E-state index contributed by atoms with van der Waals surface area (Å²) in [5.74, 6) is -3.83. The Morgan fingerprint density at radius 1 is 1.19 bits per heavy atom. The van der Waals surface area contributed by atoms with E-state index in [1.54, 1.807) is 6.07 Å². The third kappa shape index (κ3) is 5.21. The van der Waals surface area contributed by atoms with E-state index in [0.29, 0.717) is 6.42 Å². The number of nitrogens with zero attached hydrogens (tertiary/aromatic N) is 1. The van der Waals surface area contributed by atoms with Gasteiger partial charge in [0.25, 0.3) is 5.91 Å². The number of aryl methyl sites for hydroxylation is 1. The molecule has 32 heavy (non-hydrogen) atoms. The Hall–Kier alpha value is -2.66. The Morgan fingerprint density at radius 2 is 1.91 bits per heavy atom. The average molecular weight is 453 g/mol. The van der Waals surface area contributed by atoms with Crippen LogP contribution in [0.3, 0.4) is 0 Å². The van der Waals surface area contributed by atoms with E-state index < -0.39 is 47.4 Å². The summed E-state index contributed by atoms with van der Waals surface area (Å²) in [6.07, 6.45) is -0.375. The van der Waals surface area contributed by atoms with Crippen LogP contribution < -0.4 is 10.6 Å². The van der Waals surface area contributed by atoms with Crippen molar-refractivity contribution >= 4 is 17.3 Å². The van der Waals surface area contributed by atoms with Gasteiger partial charge in [-0.05, 0) is 36.2 Å². The van der Waals surface area contributed by atoms with E-state index in [1.807, 2.05) is 6.92 Å². The number of rotatable bonds is 9. The number of carbonyl (C=O) groups excluding carboxylic acids is 1. The Bertz CT molecular complexity index is 983. The molecule has 0 saturated carbocycles. The lowest BCUT2D eigenvalue weighted by molar-refractivity contribution is -0.0796. The fourth-order valence-corrected chi connectivity index (χ4v) is 3.49. The maximum absolute atomic E-state index is 14.6. The zero-order chi connectivity index (χ0) is 23.5. The van der Waals surface area contributed by atoms with Gasteiger partial charge in [-0.25, -0.2) is 13.2 Å². The second kappa shape index (κ2) is 9.86. The Kier molecular flexibility index (Phi) is 7.40. The predicted octanol–water partition coefficient (Wildman–Crippen LogP) is 1.54. The van der Waals surface area contributed by atoms with Crippen molar-refractivity contribution in [3.05, 3.63) is 58.9 Å². The summed E-state index contributed by atoms with van der Waals surface area (Å²) in [6, 6.07) is 6.22. The van der Waals surface area contributed by atoms with Crippen LogP contribution in [0, 0.1) is 17.5 Å². The van der Waals surface area contributed by atoms with Crippen LogP contribution in [0.15, 0.2) is 30.3 Å². The Morgan fingerprint density at radius 3 is 2.53 bits per heavy atom. The lowest BCUT2D eigenvalue weighted by Gasteiger charge is -2.46. The lowest BCUT2D eigenvalue weighted by Crippen LogP contribution is -2.67. The third-order valence-electron chi connectivity index (χ3n) is 5.33. The van der Waals surface area contributed by atoms with E-state index in [0.717, 1.165) is 17.7 Å². The summed E-state index contributed by atoms with van der Waals surface area (Å²) >= 11 is 0. The molecule has 1 aliphatic rings. The van der Waals surface area contributed by atoms with Crippen LogP contribution in [0.2, 0.25) is 0 Å². The molecule has 0 aromatic heterocycles. The quantitative estimate of drug-likeness (QED) is 0.395. The highest BCUT2D eigenvalue weighted by atomic mass is 19.2. The number of nitrogens with one attached hydrogen (secondary N) is 2. The van der Waals surface area contributed by atoms with Crippen LogP contribution in [0.4, 0.5) is 24.5 Å². The normalized spacial score (nSPS) is 15.9. The van der Waals surface area contributed by atoms with Crippen molar-refractivity contribution in [3.63, 3.8) is 0 Å². The summed E-state index contributed by atoms with van der Waals surface area (Å²) in [6.45, 7) is 1.39. The van der Waals surface area contributed by atoms with Crippen molar-refractivity contribution in [1.29, 1.82) is 0 Å². The molecule has 2 aromatic carbocycles. The maximum atomic E-state index is 14.6. The molecule has 1 fully saturated rings. The molecular weight excluding hydrogens is 427 g/mol. The molecule has 0 aliphatic carbocycles. The minimum Gasteiger partial charge on any atom is -0.394 e. The molecule has 0 spiro atoms. The zero-order valence-corrected chi connectivity index (χ0v) is 17.5. The highest BCUT2D eigenvalue weighted by Crippen LogP contribution is 2.31. The monoisotopic (exact) mass is 453 g/mol. The minimum absolute atomic E-state index is 0.0612. The molecular formula is C22H26F3N3O4. The Labute approximate surface area is 183 Å². The van der Waals surface area contributed by atoms with Crippen LogP contribution in [0.5, 0.6) is 0 Å². The van der Waals surface area contributed by atoms with Crippen LogP contribution >= 0.6 is 0 Å². The highest BCUT2D eigenvalue weighted by molar-refractivity contribution is 6.01. The first-order chi connectivity index (χ1) is 15.2. The van der Waals surface area contributed by atoms with E-state index in [4.69, 9.17) is 5.11 Å². The van der Waals surface area contributed by atoms with Crippen LogP contribution in [0.1, 0.15) is 22.8 Å². The average Bonchev–Trinajstić information content (AvgIpc) is 2.75. The molecule has 1 unspecified atom stereocenters. The number of likely N-dealkylation sites (tertiary alicyclic amines) is 1. The predicted molar refractivity (Wildman–Crippen MR) is 112 cm³/mol. The summed E-state index contributed by atoms with van der Waals surface area (Å²) in [5, 5.41) is 33.9. The first-order valence-electron chi connectivity index (χ1n) is 10.2. The van der Waals surface area contributed by atoms with Crippen molar-refractivity contribution in [2.75, 3.05) is 38.1 Å². The molecule has 2 aromatic rings.